The highest BCUT2D eigenvalue weighted by Gasteiger charge is 2.48. The largest absolute Gasteiger partial charge is 0.308 e. The molecular formula is C38H23N3Si. The lowest BCUT2D eigenvalue weighted by atomic mass is 10.0. The molecule has 0 bridgehead atoms. The van der Waals surface area contributed by atoms with Crippen molar-refractivity contribution in [3.8, 4) is 29.0 Å². The molecule has 1 aromatic heterocycles. The van der Waals surface area contributed by atoms with Crippen molar-refractivity contribution in [3.63, 3.8) is 0 Å². The normalized spacial score (nSPS) is 12.9. The molecule has 2 heterocycles. The van der Waals surface area contributed by atoms with E-state index < -0.39 is 8.07 Å². The fraction of sp³-hybridized carbons (Fsp3) is 0. The van der Waals surface area contributed by atoms with Crippen molar-refractivity contribution in [1.82, 2.24) is 4.57 Å². The topological polar surface area (TPSA) is 52.5 Å². The predicted molar refractivity (Wildman–Crippen MR) is 173 cm³/mol. The molecule has 0 radical (unpaired) electrons. The fourth-order valence-corrected chi connectivity index (χ4v) is 12.2. The van der Waals surface area contributed by atoms with Gasteiger partial charge in [-0.2, -0.15) is 10.5 Å². The summed E-state index contributed by atoms with van der Waals surface area (Å²) in [5.74, 6) is 0. The molecule has 0 atom stereocenters. The molecule has 0 saturated heterocycles. The summed E-state index contributed by atoms with van der Waals surface area (Å²) in [6, 6.07) is 53.9. The van der Waals surface area contributed by atoms with E-state index in [0.717, 1.165) is 27.5 Å². The maximum atomic E-state index is 10.1. The van der Waals surface area contributed by atoms with Gasteiger partial charge in [0.15, 0.2) is 8.07 Å². The van der Waals surface area contributed by atoms with E-state index in [0.29, 0.717) is 11.1 Å². The zero-order chi connectivity index (χ0) is 28.3. The molecule has 1 aliphatic heterocycles. The quantitative estimate of drug-likeness (QED) is 0.258. The van der Waals surface area contributed by atoms with Gasteiger partial charge in [-0.1, -0.05) is 109 Å². The summed E-state index contributed by atoms with van der Waals surface area (Å²) in [5, 5.41) is 27.6. The van der Waals surface area contributed by atoms with Crippen molar-refractivity contribution < 1.29 is 0 Å². The van der Waals surface area contributed by atoms with Gasteiger partial charge < -0.3 is 4.57 Å². The van der Waals surface area contributed by atoms with Crippen LogP contribution in [0.3, 0.4) is 0 Å². The number of hydrogen-bond donors (Lipinski definition) is 0. The van der Waals surface area contributed by atoms with Crippen LogP contribution in [0.4, 0.5) is 0 Å². The highest BCUT2D eigenvalue weighted by Crippen LogP contribution is 2.38. The third-order valence-electron chi connectivity index (χ3n) is 8.74. The highest BCUT2D eigenvalue weighted by atomic mass is 28.3. The predicted octanol–water partition coefficient (Wildman–Crippen LogP) is 5.88. The van der Waals surface area contributed by atoms with E-state index in [2.05, 4.69) is 132 Å². The molecule has 42 heavy (non-hydrogen) atoms. The van der Waals surface area contributed by atoms with E-state index in [9.17, 15) is 10.5 Å². The van der Waals surface area contributed by atoms with Gasteiger partial charge in [0.2, 0.25) is 0 Å². The Hall–Kier alpha value is -5.68. The third kappa shape index (κ3) is 3.19. The van der Waals surface area contributed by atoms with Gasteiger partial charge in [-0.25, -0.2) is 0 Å². The summed E-state index contributed by atoms with van der Waals surface area (Å²) in [6.45, 7) is 0. The van der Waals surface area contributed by atoms with Crippen molar-refractivity contribution in [2.24, 2.45) is 0 Å². The molecule has 0 N–H and O–H groups in total. The summed E-state index contributed by atoms with van der Waals surface area (Å²) >= 11 is 0. The minimum atomic E-state index is -2.64. The molecule has 4 heteroatoms. The van der Waals surface area contributed by atoms with Crippen molar-refractivity contribution in [2.45, 2.75) is 0 Å². The summed E-state index contributed by atoms with van der Waals surface area (Å²) in [6.07, 6.45) is 0. The second-order valence-corrected chi connectivity index (χ2v) is 14.5. The lowest BCUT2D eigenvalue weighted by Gasteiger charge is -2.31. The van der Waals surface area contributed by atoms with Crippen LogP contribution in [0.25, 0.3) is 38.6 Å². The number of para-hydroxylation sites is 1. The first-order chi connectivity index (χ1) is 20.8. The number of nitriles is 2. The van der Waals surface area contributed by atoms with Crippen LogP contribution in [-0.2, 0) is 0 Å². The Labute approximate surface area is 244 Å². The van der Waals surface area contributed by atoms with Gasteiger partial charge in [0.05, 0.1) is 33.9 Å². The second-order valence-electron chi connectivity index (χ2n) is 10.8. The average Bonchev–Trinajstić information content (AvgIpc) is 3.54. The zero-order valence-electron chi connectivity index (χ0n) is 22.6. The Morgan fingerprint density at radius 2 is 1.17 bits per heavy atom. The molecule has 8 rings (SSSR count). The van der Waals surface area contributed by atoms with Crippen LogP contribution in [-0.4, -0.2) is 12.6 Å². The Balaban J connectivity index is 1.57. The molecule has 6 aromatic carbocycles. The molecule has 194 valence electrons. The number of rotatable bonds is 3. The Morgan fingerprint density at radius 3 is 1.88 bits per heavy atom. The van der Waals surface area contributed by atoms with Crippen molar-refractivity contribution in [2.75, 3.05) is 0 Å². The third-order valence-corrected chi connectivity index (χ3v) is 13.6. The first-order valence-corrected chi connectivity index (χ1v) is 16.0. The standard InChI is InChI=1S/C38H23N3Si/c39-24-26-19-20-27(25-40)35(21-26)41-34-17-9-7-15-30(34)32-23-38-33(22-36(32)41)31-16-8-10-18-37(31)42(38,28-11-3-1-4-12-28)29-13-5-2-6-14-29/h1-23H. The van der Waals surface area contributed by atoms with Gasteiger partial charge in [-0.05, 0) is 62.2 Å². The van der Waals surface area contributed by atoms with Gasteiger partial charge in [0.25, 0.3) is 0 Å². The number of hydrogen-bond acceptors (Lipinski definition) is 2. The van der Waals surface area contributed by atoms with E-state index >= 15 is 0 Å². The van der Waals surface area contributed by atoms with Gasteiger partial charge >= 0.3 is 0 Å². The smallest absolute Gasteiger partial charge is 0.180 e. The van der Waals surface area contributed by atoms with Crippen LogP contribution in [0.15, 0.2) is 140 Å². The van der Waals surface area contributed by atoms with Crippen molar-refractivity contribution in [1.29, 1.82) is 10.5 Å². The number of nitrogens with zero attached hydrogens (tertiary/aromatic N) is 3. The Morgan fingerprint density at radius 1 is 0.500 bits per heavy atom. The van der Waals surface area contributed by atoms with E-state index in [-0.39, 0.29) is 0 Å². The zero-order valence-corrected chi connectivity index (χ0v) is 23.6. The van der Waals surface area contributed by atoms with Gasteiger partial charge in [-0.15, -0.1) is 0 Å². The van der Waals surface area contributed by atoms with Crippen LogP contribution in [0, 0.1) is 22.7 Å². The summed E-state index contributed by atoms with van der Waals surface area (Å²) in [5.41, 5.74) is 6.33. The van der Waals surface area contributed by atoms with Crippen LogP contribution in [0.1, 0.15) is 11.1 Å². The molecule has 7 aromatic rings. The monoisotopic (exact) mass is 549 g/mol. The molecule has 0 spiro atoms. The van der Waals surface area contributed by atoms with Crippen LogP contribution < -0.4 is 20.7 Å². The van der Waals surface area contributed by atoms with E-state index in [1.165, 1.54) is 31.9 Å². The highest BCUT2D eigenvalue weighted by molar-refractivity contribution is 7.22. The van der Waals surface area contributed by atoms with Gasteiger partial charge in [0.1, 0.15) is 6.07 Å². The minimum absolute atomic E-state index is 0.529. The molecule has 3 nitrogen and oxygen atoms in total. The van der Waals surface area contributed by atoms with Crippen molar-refractivity contribution >= 4 is 50.6 Å². The average molecular weight is 550 g/mol. The first-order valence-electron chi connectivity index (χ1n) is 14.0. The minimum Gasteiger partial charge on any atom is -0.308 e. The molecule has 0 aliphatic carbocycles. The molecule has 0 amide bonds. The maximum Gasteiger partial charge on any atom is 0.180 e. The second kappa shape index (κ2) is 9.18. The number of aromatic nitrogens is 1. The van der Waals surface area contributed by atoms with E-state index in [1.54, 1.807) is 12.1 Å². The van der Waals surface area contributed by atoms with Crippen molar-refractivity contribution in [3.05, 3.63) is 151 Å². The lowest BCUT2D eigenvalue weighted by molar-refractivity contribution is 1.16. The number of benzene rings is 6. The molecular weight excluding hydrogens is 527 g/mol. The van der Waals surface area contributed by atoms with Crippen LogP contribution >= 0.6 is 0 Å². The SMILES string of the molecule is N#Cc1ccc(C#N)c(-n2c3ccccc3c3cc4c(cc32)-c2ccccc2[Si]4(c2ccccc2)c2ccccc2)c1. The van der Waals surface area contributed by atoms with E-state index in [4.69, 9.17) is 0 Å². The first kappa shape index (κ1) is 24.1. The maximum absolute atomic E-state index is 10.1. The summed E-state index contributed by atoms with van der Waals surface area (Å²) in [7, 11) is -2.64. The summed E-state index contributed by atoms with van der Waals surface area (Å²) < 4.78 is 2.17. The van der Waals surface area contributed by atoms with Gasteiger partial charge in [-0.3, -0.25) is 0 Å². The fourth-order valence-electron chi connectivity index (χ4n) is 7.04. The lowest BCUT2D eigenvalue weighted by Crippen LogP contribution is -2.72. The molecule has 1 aliphatic rings. The Kier molecular flexibility index (Phi) is 5.28. The summed E-state index contributed by atoms with van der Waals surface area (Å²) in [4.78, 5) is 0. The Bertz CT molecular complexity index is 2230. The molecule has 0 saturated carbocycles. The van der Waals surface area contributed by atoms with Crippen LogP contribution in [0.2, 0.25) is 0 Å². The molecule has 0 fully saturated rings. The van der Waals surface area contributed by atoms with Gasteiger partial charge in [0, 0.05) is 10.8 Å². The molecule has 0 unspecified atom stereocenters. The van der Waals surface area contributed by atoms with E-state index in [1.807, 2.05) is 12.1 Å². The number of fused-ring (bicyclic) bond motifs is 6. The van der Waals surface area contributed by atoms with Crippen LogP contribution in [0.5, 0.6) is 0 Å².